The lowest BCUT2D eigenvalue weighted by molar-refractivity contribution is -0.127. The molecule has 164 valence electrons. The highest BCUT2D eigenvalue weighted by Gasteiger charge is 2.21. The lowest BCUT2D eigenvalue weighted by atomic mass is 9.90. The fourth-order valence-corrected chi connectivity index (χ4v) is 2.83. The molecule has 0 spiro atoms. The number of aliphatic imine (C=N–C) groups is 1. The Kier molecular flexibility index (Phi) is 16.2. The number of nitrogens with one attached hydrogen (secondary N) is 2. The molecule has 0 aromatic carbocycles. The van der Waals surface area contributed by atoms with Crippen LogP contribution in [-0.4, -0.2) is 44.1 Å². The highest BCUT2D eigenvalue weighted by molar-refractivity contribution is 5.80. The Morgan fingerprint density at radius 1 is 0.857 bits per heavy atom. The average molecular weight is 399 g/mol. The van der Waals surface area contributed by atoms with E-state index in [2.05, 4.69) is 29.5 Å². The quantitative estimate of drug-likeness (QED) is 0.282. The third-order valence-corrected chi connectivity index (χ3v) is 4.62. The number of rotatable bonds is 11. The second kappa shape index (κ2) is 16.1. The molecular weight excluding hydrogens is 356 g/mol. The summed E-state index contributed by atoms with van der Waals surface area (Å²) in [6.45, 7) is 12.2. The van der Waals surface area contributed by atoms with Crippen molar-refractivity contribution in [1.82, 2.24) is 10.6 Å². The van der Waals surface area contributed by atoms with E-state index >= 15 is 0 Å². The van der Waals surface area contributed by atoms with E-state index in [1.165, 1.54) is 0 Å². The van der Waals surface area contributed by atoms with Crippen molar-refractivity contribution in [2.75, 3.05) is 20.6 Å². The molecule has 0 heterocycles. The molecule has 0 aromatic rings. The molecule has 0 saturated heterocycles. The van der Waals surface area contributed by atoms with Crippen LogP contribution in [-0.2, 0) is 14.4 Å². The molecule has 2 amide bonds. The van der Waals surface area contributed by atoms with Gasteiger partial charge in [0.15, 0.2) is 0 Å². The first-order chi connectivity index (χ1) is 13.0. The number of amidine groups is 1. The van der Waals surface area contributed by atoms with E-state index in [1.54, 1.807) is 27.9 Å². The molecular formula is C21H42N4O3. The van der Waals surface area contributed by atoms with Crippen LogP contribution in [0.4, 0.5) is 0 Å². The van der Waals surface area contributed by atoms with Crippen LogP contribution in [0.5, 0.6) is 0 Å². The van der Waals surface area contributed by atoms with Crippen LogP contribution in [0.15, 0.2) is 4.99 Å². The monoisotopic (exact) mass is 398 g/mol. The molecule has 0 fully saturated rings. The number of amides is 2. The van der Waals surface area contributed by atoms with Gasteiger partial charge in [-0.25, -0.2) is 0 Å². The lowest BCUT2D eigenvalue weighted by Crippen LogP contribution is -2.31. The number of carbonyl (C=O) groups excluding carboxylic acids is 3. The summed E-state index contributed by atoms with van der Waals surface area (Å²) in [4.78, 5) is 37.7. The van der Waals surface area contributed by atoms with Crippen LogP contribution in [0.2, 0.25) is 0 Å². The van der Waals surface area contributed by atoms with E-state index in [0.717, 1.165) is 12.8 Å². The molecule has 4 N–H and O–H groups in total. The van der Waals surface area contributed by atoms with Gasteiger partial charge in [-0.3, -0.25) is 14.6 Å². The number of carbonyl (C=O) groups is 3. The standard InChI is InChI=1S/C11H23N3O.C10H19NO2/c1-8(2)10(11(15)13-4)6-5-7-14-9(3)12;1-7(2)9(10(13)11-4)6-5-8(3)12/h8,10H,5-7H2,1-4H3,(H2,12,14)(H,13,15);7,9H,5-6H2,1-4H3,(H,11,13)/t10-;9-/m11/s1. The minimum absolute atomic E-state index is 0.0334. The molecule has 0 unspecified atom stereocenters. The Bertz CT molecular complexity index is 498. The van der Waals surface area contributed by atoms with Crippen LogP contribution < -0.4 is 16.4 Å². The van der Waals surface area contributed by atoms with Gasteiger partial charge in [0.05, 0.1) is 5.84 Å². The SMILES string of the molecule is CNC(=O)[C@H](CCC(C)=O)C(C)C.CNC(=O)[C@H](CCCN=C(C)N)C(C)C. The summed E-state index contributed by atoms with van der Waals surface area (Å²) < 4.78 is 0. The second-order valence-corrected chi connectivity index (χ2v) is 7.84. The van der Waals surface area contributed by atoms with Crippen molar-refractivity contribution in [3.05, 3.63) is 0 Å². The van der Waals surface area contributed by atoms with Gasteiger partial charge in [-0.15, -0.1) is 0 Å². The Balaban J connectivity index is 0. The van der Waals surface area contributed by atoms with Gasteiger partial charge in [-0.05, 0) is 44.9 Å². The zero-order valence-corrected chi connectivity index (χ0v) is 19.1. The molecule has 0 aliphatic heterocycles. The van der Waals surface area contributed by atoms with Crippen LogP contribution in [0.25, 0.3) is 0 Å². The summed E-state index contributed by atoms with van der Waals surface area (Å²) in [7, 11) is 3.31. The molecule has 28 heavy (non-hydrogen) atoms. The number of ketones is 1. The van der Waals surface area contributed by atoms with Crippen molar-refractivity contribution in [3.63, 3.8) is 0 Å². The van der Waals surface area contributed by atoms with E-state index < -0.39 is 0 Å². The fourth-order valence-electron chi connectivity index (χ4n) is 2.83. The smallest absolute Gasteiger partial charge is 0.223 e. The Morgan fingerprint density at radius 3 is 1.61 bits per heavy atom. The van der Waals surface area contributed by atoms with Crippen molar-refractivity contribution in [2.45, 2.75) is 67.2 Å². The van der Waals surface area contributed by atoms with E-state index in [0.29, 0.717) is 37.1 Å². The molecule has 0 radical (unpaired) electrons. The van der Waals surface area contributed by atoms with Gasteiger partial charge in [-0.2, -0.15) is 0 Å². The van der Waals surface area contributed by atoms with Crippen molar-refractivity contribution in [2.24, 2.45) is 34.4 Å². The van der Waals surface area contributed by atoms with Gasteiger partial charge >= 0.3 is 0 Å². The van der Waals surface area contributed by atoms with Gasteiger partial charge in [0.25, 0.3) is 0 Å². The number of nitrogens with two attached hydrogens (primary N) is 1. The first kappa shape index (κ1) is 28.3. The van der Waals surface area contributed by atoms with E-state index in [-0.39, 0.29) is 29.4 Å². The largest absolute Gasteiger partial charge is 0.388 e. The highest BCUT2D eigenvalue weighted by atomic mass is 16.2. The van der Waals surface area contributed by atoms with Crippen LogP contribution in [0, 0.1) is 23.7 Å². The number of nitrogens with zero attached hydrogens (tertiary/aromatic N) is 1. The summed E-state index contributed by atoms with van der Waals surface area (Å²) in [5.41, 5.74) is 5.43. The molecule has 0 rings (SSSR count). The number of hydrogen-bond acceptors (Lipinski definition) is 4. The van der Waals surface area contributed by atoms with Crippen LogP contribution in [0.3, 0.4) is 0 Å². The zero-order chi connectivity index (χ0) is 22.3. The first-order valence-corrected chi connectivity index (χ1v) is 10.2. The topological polar surface area (TPSA) is 114 Å². The van der Waals surface area contributed by atoms with E-state index in [4.69, 9.17) is 5.73 Å². The van der Waals surface area contributed by atoms with Crippen molar-refractivity contribution < 1.29 is 14.4 Å². The zero-order valence-electron chi connectivity index (χ0n) is 19.1. The third kappa shape index (κ3) is 14.2. The Morgan fingerprint density at radius 2 is 1.29 bits per heavy atom. The summed E-state index contributed by atoms with van der Waals surface area (Å²) >= 11 is 0. The minimum Gasteiger partial charge on any atom is -0.388 e. The van der Waals surface area contributed by atoms with E-state index in [1.807, 2.05) is 13.8 Å². The maximum atomic E-state index is 11.5. The van der Waals surface area contributed by atoms with Crippen molar-refractivity contribution >= 4 is 23.4 Å². The van der Waals surface area contributed by atoms with Gasteiger partial charge < -0.3 is 21.2 Å². The van der Waals surface area contributed by atoms with Crippen molar-refractivity contribution in [3.8, 4) is 0 Å². The maximum Gasteiger partial charge on any atom is 0.223 e. The molecule has 2 atom stereocenters. The average Bonchev–Trinajstić information content (AvgIpc) is 2.60. The maximum absolute atomic E-state index is 11.5. The first-order valence-electron chi connectivity index (χ1n) is 10.2. The summed E-state index contributed by atoms with van der Waals surface area (Å²) in [6, 6.07) is 0. The molecule has 0 bridgehead atoms. The molecule has 0 aliphatic rings. The normalized spacial score (nSPS) is 13.4. The Hall–Kier alpha value is -1.92. The van der Waals surface area contributed by atoms with Gasteiger partial charge in [0, 0.05) is 38.9 Å². The predicted molar refractivity (Wildman–Crippen MR) is 116 cm³/mol. The third-order valence-electron chi connectivity index (χ3n) is 4.62. The second-order valence-electron chi connectivity index (χ2n) is 7.84. The summed E-state index contributed by atoms with van der Waals surface area (Å²) in [5.74, 6) is 1.63. The van der Waals surface area contributed by atoms with Crippen LogP contribution >= 0.6 is 0 Å². The van der Waals surface area contributed by atoms with Gasteiger partial charge in [0.1, 0.15) is 5.78 Å². The Labute approximate surface area is 171 Å². The molecule has 7 heteroatoms. The number of Topliss-reactive ketones (excluding diaryl/α,β-unsaturated/α-hetero) is 1. The van der Waals surface area contributed by atoms with E-state index in [9.17, 15) is 14.4 Å². The molecule has 7 nitrogen and oxygen atoms in total. The molecule has 0 aromatic heterocycles. The van der Waals surface area contributed by atoms with Crippen LogP contribution in [0.1, 0.15) is 67.2 Å². The summed E-state index contributed by atoms with van der Waals surface area (Å²) in [5, 5.41) is 5.32. The number of hydrogen-bond donors (Lipinski definition) is 3. The van der Waals surface area contributed by atoms with Crippen molar-refractivity contribution in [1.29, 1.82) is 0 Å². The molecule has 0 saturated carbocycles. The highest BCUT2D eigenvalue weighted by Crippen LogP contribution is 2.18. The van der Waals surface area contributed by atoms with Gasteiger partial charge in [0.2, 0.25) is 11.8 Å². The summed E-state index contributed by atoms with van der Waals surface area (Å²) in [6.07, 6.45) is 2.93. The molecule has 0 aliphatic carbocycles. The lowest BCUT2D eigenvalue weighted by Gasteiger charge is -2.18. The predicted octanol–water partition coefficient (Wildman–Crippen LogP) is 2.54. The fraction of sp³-hybridized carbons (Fsp3) is 0.810. The minimum atomic E-state index is -0.0334. The van der Waals surface area contributed by atoms with Gasteiger partial charge in [-0.1, -0.05) is 27.7 Å².